The quantitative estimate of drug-likeness (QED) is 0.729. The van der Waals surface area contributed by atoms with Gasteiger partial charge in [-0.05, 0) is 32.1 Å². The van der Waals surface area contributed by atoms with Gasteiger partial charge in [0.15, 0.2) is 0 Å². The Kier molecular flexibility index (Phi) is 5.44. The zero-order valence-electron chi connectivity index (χ0n) is 12.5. The minimum atomic E-state index is 0.138. The van der Waals surface area contributed by atoms with E-state index in [1.54, 1.807) is 5.57 Å². The summed E-state index contributed by atoms with van der Waals surface area (Å²) in [7, 11) is 0. The molecule has 0 radical (unpaired) electrons. The maximum atomic E-state index is 11.9. The largest absolute Gasteiger partial charge is 0.340 e. The van der Waals surface area contributed by atoms with Crippen molar-refractivity contribution in [2.45, 2.75) is 46.0 Å². The van der Waals surface area contributed by atoms with Crippen molar-refractivity contribution >= 4 is 5.91 Å². The van der Waals surface area contributed by atoms with Crippen LogP contribution >= 0.6 is 0 Å². The van der Waals surface area contributed by atoms with Crippen LogP contribution < -0.4 is 0 Å². The molecule has 0 aromatic carbocycles. The summed E-state index contributed by atoms with van der Waals surface area (Å²) in [6.45, 7) is 9.08. The topological polar surface area (TPSA) is 23.6 Å². The van der Waals surface area contributed by atoms with Crippen molar-refractivity contribution in [2.24, 2.45) is 5.92 Å². The molecule has 0 atom stereocenters. The average Bonchev–Trinajstić information content (AvgIpc) is 2.46. The summed E-state index contributed by atoms with van der Waals surface area (Å²) in [5.41, 5.74) is 1.66. The smallest absolute Gasteiger partial charge is 0.225 e. The first kappa shape index (κ1) is 14.6. The lowest BCUT2D eigenvalue weighted by molar-refractivity contribution is -0.136. The van der Waals surface area contributed by atoms with Gasteiger partial charge >= 0.3 is 0 Å². The normalized spacial score (nSPS) is 21.6. The van der Waals surface area contributed by atoms with Crippen LogP contribution in [0.1, 0.15) is 46.0 Å². The summed E-state index contributed by atoms with van der Waals surface area (Å²) in [5, 5.41) is 0. The number of piperazine rings is 1. The Morgan fingerprint density at radius 2 is 1.95 bits per heavy atom. The molecule has 108 valence electrons. The molecule has 0 spiro atoms. The second-order valence-electron chi connectivity index (χ2n) is 6.18. The van der Waals surface area contributed by atoms with E-state index in [4.69, 9.17) is 0 Å². The lowest BCUT2D eigenvalue weighted by Gasteiger charge is -2.35. The second kappa shape index (κ2) is 7.09. The fourth-order valence-corrected chi connectivity index (χ4v) is 2.99. The van der Waals surface area contributed by atoms with Crippen molar-refractivity contribution < 1.29 is 4.79 Å². The van der Waals surface area contributed by atoms with Crippen LogP contribution in [0.3, 0.4) is 0 Å². The molecule has 1 aliphatic heterocycles. The van der Waals surface area contributed by atoms with Crippen LogP contribution in [0.2, 0.25) is 0 Å². The standard InChI is InChI=1S/C16H28N2O/c1-14(2)16(19)18-12-10-17(11-13-18)9-8-15-6-4-3-5-7-15/h6,14H,3-5,7-13H2,1-2H3. The highest BCUT2D eigenvalue weighted by atomic mass is 16.2. The fraction of sp³-hybridized carbons (Fsp3) is 0.812. The van der Waals surface area contributed by atoms with Gasteiger partial charge in [0.05, 0.1) is 0 Å². The minimum Gasteiger partial charge on any atom is -0.340 e. The van der Waals surface area contributed by atoms with Crippen molar-refractivity contribution in [3.8, 4) is 0 Å². The van der Waals surface area contributed by atoms with E-state index in [0.29, 0.717) is 5.91 Å². The van der Waals surface area contributed by atoms with Gasteiger partial charge in [-0.2, -0.15) is 0 Å². The van der Waals surface area contributed by atoms with Gasteiger partial charge in [-0.15, -0.1) is 0 Å². The Hall–Kier alpha value is -0.830. The number of hydrogen-bond acceptors (Lipinski definition) is 2. The maximum absolute atomic E-state index is 11.9. The Labute approximate surface area is 117 Å². The average molecular weight is 264 g/mol. The number of amides is 1. The molecule has 0 unspecified atom stereocenters. The van der Waals surface area contributed by atoms with Gasteiger partial charge in [-0.1, -0.05) is 25.5 Å². The van der Waals surface area contributed by atoms with E-state index in [1.807, 2.05) is 18.7 Å². The number of carbonyl (C=O) groups excluding carboxylic acids is 1. The summed E-state index contributed by atoms with van der Waals surface area (Å²) >= 11 is 0. The second-order valence-corrected chi connectivity index (χ2v) is 6.18. The number of nitrogens with zero attached hydrogens (tertiary/aromatic N) is 2. The molecule has 3 heteroatoms. The zero-order chi connectivity index (χ0) is 13.7. The van der Waals surface area contributed by atoms with Crippen molar-refractivity contribution in [2.75, 3.05) is 32.7 Å². The van der Waals surface area contributed by atoms with E-state index in [1.165, 1.54) is 38.6 Å². The summed E-state index contributed by atoms with van der Waals surface area (Å²) in [6, 6.07) is 0. The first-order valence-electron chi connectivity index (χ1n) is 7.86. The maximum Gasteiger partial charge on any atom is 0.225 e. The van der Waals surface area contributed by atoms with E-state index >= 15 is 0 Å². The van der Waals surface area contributed by atoms with E-state index < -0.39 is 0 Å². The highest BCUT2D eigenvalue weighted by Crippen LogP contribution is 2.20. The lowest BCUT2D eigenvalue weighted by atomic mass is 9.97. The van der Waals surface area contributed by atoms with E-state index in [0.717, 1.165) is 26.2 Å². The zero-order valence-corrected chi connectivity index (χ0v) is 12.5. The summed E-state index contributed by atoms with van der Waals surface area (Å²) in [4.78, 5) is 16.5. The van der Waals surface area contributed by atoms with Crippen LogP contribution in [-0.2, 0) is 4.79 Å². The number of rotatable bonds is 4. The summed E-state index contributed by atoms with van der Waals surface area (Å²) in [5.74, 6) is 0.452. The SMILES string of the molecule is CC(C)C(=O)N1CCN(CCC2=CCCCC2)CC1. The third-order valence-electron chi connectivity index (χ3n) is 4.31. The van der Waals surface area contributed by atoms with Gasteiger partial charge in [0.1, 0.15) is 0 Å². The molecule has 3 nitrogen and oxygen atoms in total. The monoisotopic (exact) mass is 264 g/mol. The molecule has 0 N–H and O–H groups in total. The first-order chi connectivity index (χ1) is 9.16. The molecular formula is C16H28N2O. The molecule has 1 saturated heterocycles. The summed E-state index contributed by atoms with van der Waals surface area (Å²) in [6.07, 6.45) is 9.03. The van der Waals surface area contributed by atoms with Crippen molar-refractivity contribution in [1.82, 2.24) is 9.80 Å². The van der Waals surface area contributed by atoms with Crippen LogP contribution in [-0.4, -0.2) is 48.4 Å². The molecule has 1 aliphatic carbocycles. The van der Waals surface area contributed by atoms with E-state index in [2.05, 4.69) is 11.0 Å². The molecule has 1 fully saturated rings. The Morgan fingerprint density at radius 3 is 2.53 bits per heavy atom. The number of allylic oxidation sites excluding steroid dienone is 1. The molecule has 1 heterocycles. The Morgan fingerprint density at radius 1 is 1.21 bits per heavy atom. The Bertz CT molecular complexity index is 328. The third-order valence-corrected chi connectivity index (χ3v) is 4.31. The van der Waals surface area contributed by atoms with E-state index in [-0.39, 0.29) is 5.92 Å². The number of hydrogen-bond donors (Lipinski definition) is 0. The molecule has 2 aliphatic rings. The first-order valence-corrected chi connectivity index (χ1v) is 7.86. The molecule has 2 rings (SSSR count). The van der Waals surface area contributed by atoms with Crippen LogP contribution in [0.4, 0.5) is 0 Å². The van der Waals surface area contributed by atoms with E-state index in [9.17, 15) is 4.79 Å². The molecule has 1 amide bonds. The van der Waals surface area contributed by atoms with Gasteiger partial charge in [0.25, 0.3) is 0 Å². The van der Waals surface area contributed by atoms with Gasteiger partial charge in [-0.3, -0.25) is 9.69 Å². The van der Waals surface area contributed by atoms with Gasteiger partial charge in [0, 0.05) is 38.6 Å². The highest BCUT2D eigenvalue weighted by Gasteiger charge is 2.22. The van der Waals surface area contributed by atoms with Crippen molar-refractivity contribution in [3.05, 3.63) is 11.6 Å². The summed E-state index contributed by atoms with van der Waals surface area (Å²) < 4.78 is 0. The fourth-order valence-electron chi connectivity index (χ4n) is 2.99. The lowest BCUT2D eigenvalue weighted by Crippen LogP contribution is -2.49. The molecule has 0 aromatic heterocycles. The van der Waals surface area contributed by atoms with Crippen LogP contribution in [0.25, 0.3) is 0 Å². The Balaban J connectivity index is 1.68. The van der Waals surface area contributed by atoms with Crippen LogP contribution in [0.5, 0.6) is 0 Å². The number of carbonyl (C=O) groups is 1. The van der Waals surface area contributed by atoms with Gasteiger partial charge in [-0.25, -0.2) is 0 Å². The van der Waals surface area contributed by atoms with Crippen molar-refractivity contribution in [3.63, 3.8) is 0 Å². The predicted octanol–water partition coefficient (Wildman–Crippen LogP) is 2.68. The highest BCUT2D eigenvalue weighted by molar-refractivity contribution is 5.78. The minimum absolute atomic E-state index is 0.138. The molecule has 19 heavy (non-hydrogen) atoms. The van der Waals surface area contributed by atoms with Gasteiger partial charge in [0.2, 0.25) is 5.91 Å². The van der Waals surface area contributed by atoms with Crippen molar-refractivity contribution in [1.29, 1.82) is 0 Å². The molecular weight excluding hydrogens is 236 g/mol. The van der Waals surface area contributed by atoms with Crippen LogP contribution in [0, 0.1) is 5.92 Å². The molecule has 0 bridgehead atoms. The van der Waals surface area contributed by atoms with Gasteiger partial charge < -0.3 is 4.90 Å². The third kappa shape index (κ3) is 4.34. The molecule has 0 aromatic rings. The predicted molar refractivity (Wildman–Crippen MR) is 79.0 cm³/mol. The molecule has 0 saturated carbocycles. The van der Waals surface area contributed by atoms with Crippen LogP contribution in [0.15, 0.2) is 11.6 Å².